The second kappa shape index (κ2) is 7.62. The monoisotopic (exact) mass is 356 g/mol. The first kappa shape index (κ1) is 18.6. The van der Waals surface area contributed by atoms with E-state index in [1.807, 2.05) is 18.2 Å². The van der Waals surface area contributed by atoms with Crippen LogP contribution in [0.15, 0.2) is 35.9 Å². The zero-order valence-electron chi connectivity index (χ0n) is 15.6. The van der Waals surface area contributed by atoms with E-state index in [1.165, 1.54) is 18.1 Å². The molecular weight excluding hydrogens is 328 g/mol. The van der Waals surface area contributed by atoms with Crippen LogP contribution in [0, 0.1) is 5.41 Å². The van der Waals surface area contributed by atoms with E-state index in [2.05, 4.69) is 30.0 Å². The third-order valence-corrected chi connectivity index (χ3v) is 5.80. The number of amides is 1. The first-order valence-electron chi connectivity index (χ1n) is 9.33. The molecule has 1 amide bonds. The van der Waals surface area contributed by atoms with Crippen molar-refractivity contribution in [1.29, 1.82) is 0 Å². The molecule has 1 atom stereocenters. The van der Waals surface area contributed by atoms with Gasteiger partial charge in [-0.2, -0.15) is 0 Å². The van der Waals surface area contributed by atoms with E-state index in [4.69, 9.17) is 0 Å². The lowest BCUT2D eigenvalue weighted by Gasteiger charge is -2.39. The molecule has 2 fully saturated rings. The van der Waals surface area contributed by atoms with Gasteiger partial charge in [-0.05, 0) is 50.3 Å². The van der Waals surface area contributed by atoms with Crippen LogP contribution >= 0.6 is 0 Å². The summed E-state index contributed by atoms with van der Waals surface area (Å²) in [4.78, 5) is 27.3. The average molecular weight is 356 g/mol. The Hall–Kier alpha value is -2.14. The van der Waals surface area contributed by atoms with Crippen molar-refractivity contribution in [1.82, 2.24) is 9.80 Å². The number of carboxylic acid groups (broad SMARTS) is 1. The fraction of sp³-hybridized carbons (Fsp3) is 0.524. The Morgan fingerprint density at radius 1 is 1.19 bits per heavy atom. The minimum absolute atomic E-state index is 0.0255. The van der Waals surface area contributed by atoms with Crippen molar-refractivity contribution in [2.24, 2.45) is 5.41 Å². The topological polar surface area (TPSA) is 60.9 Å². The second-order valence-corrected chi connectivity index (χ2v) is 7.88. The maximum Gasteiger partial charge on any atom is 0.326 e. The lowest BCUT2D eigenvalue weighted by molar-refractivity contribution is -0.147. The van der Waals surface area contributed by atoms with E-state index in [9.17, 15) is 14.7 Å². The van der Waals surface area contributed by atoms with E-state index < -0.39 is 12.0 Å². The average Bonchev–Trinajstić information content (AvgIpc) is 2.98. The largest absolute Gasteiger partial charge is 0.480 e. The molecule has 2 aliphatic rings. The van der Waals surface area contributed by atoms with Gasteiger partial charge in [-0.1, -0.05) is 42.0 Å². The summed E-state index contributed by atoms with van der Waals surface area (Å²) in [5.41, 5.74) is 2.52. The summed E-state index contributed by atoms with van der Waals surface area (Å²) in [6.45, 7) is 7.07. The molecule has 5 heteroatoms. The zero-order chi connectivity index (χ0) is 18.7. The van der Waals surface area contributed by atoms with Crippen molar-refractivity contribution in [3.8, 4) is 0 Å². The van der Waals surface area contributed by atoms with Gasteiger partial charge in [0.25, 0.3) is 0 Å². The summed E-state index contributed by atoms with van der Waals surface area (Å²) < 4.78 is 0. The minimum atomic E-state index is -0.874. The molecule has 0 aliphatic carbocycles. The van der Waals surface area contributed by atoms with Crippen molar-refractivity contribution < 1.29 is 14.7 Å². The summed E-state index contributed by atoms with van der Waals surface area (Å²) in [7, 11) is 0. The van der Waals surface area contributed by atoms with Crippen LogP contribution in [0.4, 0.5) is 0 Å². The fourth-order valence-corrected chi connectivity index (χ4v) is 4.39. The Bertz CT molecular complexity index is 666. The quantitative estimate of drug-likeness (QED) is 0.901. The van der Waals surface area contributed by atoms with Gasteiger partial charge >= 0.3 is 5.97 Å². The third kappa shape index (κ3) is 4.15. The Balaban J connectivity index is 1.58. The van der Waals surface area contributed by atoms with Gasteiger partial charge in [-0.15, -0.1) is 0 Å². The fourth-order valence-electron chi connectivity index (χ4n) is 4.39. The molecule has 0 aromatic heterocycles. The van der Waals surface area contributed by atoms with Crippen LogP contribution in [0.5, 0.6) is 0 Å². The third-order valence-electron chi connectivity index (χ3n) is 5.80. The molecule has 2 heterocycles. The minimum Gasteiger partial charge on any atom is -0.480 e. The molecule has 1 aromatic rings. The second-order valence-electron chi connectivity index (χ2n) is 7.88. The highest BCUT2D eigenvalue weighted by molar-refractivity contribution is 5.83. The number of aliphatic carboxylic acids is 1. The van der Waals surface area contributed by atoms with Gasteiger partial charge < -0.3 is 10.0 Å². The number of hydrogen-bond donors (Lipinski definition) is 1. The van der Waals surface area contributed by atoms with Gasteiger partial charge in [0.15, 0.2) is 0 Å². The number of hydrogen-bond acceptors (Lipinski definition) is 3. The normalized spacial score (nSPS) is 23.4. The molecule has 140 valence electrons. The Labute approximate surface area is 155 Å². The molecular formula is C21H28N2O3. The van der Waals surface area contributed by atoms with Crippen molar-refractivity contribution in [2.45, 2.75) is 39.2 Å². The van der Waals surface area contributed by atoms with Crippen molar-refractivity contribution >= 4 is 18.0 Å². The summed E-state index contributed by atoms with van der Waals surface area (Å²) >= 11 is 0. The van der Waals surface area contributed by atoms with E-state index in [1.54, 1.807) is 4.90 Å². The van der Waals surface area contributed by atoms with Gasteiger partial charge in [0.05, 0.1) is 0 Å². The molecule has 1 unspecified atom stereocenters. The highest BCUT2D eigenvalue weighted by Crippen LogP contribution is 2.43. The number of carboxylic acids is 1. The summed E-state index contributed by atoms with van der Waals surface area (Å²) in [5.74, 6) is -1.00. The first-order valence-corrected chi connectivity index (χ1v) is 9.33. The summed E-state index contributed by atoms with van der Waals surface area (Å²) in [6.07, 6.45) is 4.73. The van der Waals surface area contributed by atoms with Gasteiger partial charge in [0.1, 0.15) is 6.04 Å². The molecule has 0 bridgehead atoms. The van der Waals surface area contributed by atoms with E-state index in [0.717, 1.165) is 32.5 Å². The Morgan fingerprint density at radius 3 is 2.38 bits per heavy atom. The van der Waals surface area contributed by atoms with E-state index in [-0.39, 0.29) is 11.3 Å². The maximum atomic E-state index is 11.8. The van der Waals surface area contributed by atoms with E-state index in [0.29, 0.717) is 13.0 Å². The molecule has 1 N–H and O–H groups in total. The lowest BCUT2D eigenvalue weighted by Crippen LogP contribution is -2.42. The van der Waals surface area contributed by atoms with Crippen molar-refractivity contribution in [3.63, 3.8) is 0 Å². The molecule has 26 heavy (non-hydrogen) atoms. The molecule has 0 saturated carbocycles. The molecule has 1 aromatic carbocycles. The van der Waals surface area contributed by atoms with Crippen LogP contribution in [0.1, 0.15) is 38.7 Å². The molecule has 2 aliphatic heterocycles. The smallest absolute Gasteiger partial charge is 0.326 e. The standard InChI is InChI=1S/C21H28N2O3/c1-16(12-18-6-4-3-5-7-18)14-22-10-8-21(9-11-22)13-19(20(25)26)23(15-21)17(2)24/h3-7,12,19H,8-11,13-15H2,1-2H3,(H,25,26)/b16-12+. The zero-order valence-corrected chi connectivity index (χ0v) is 15.6. The maximum absolute atomic E-state index is 11.8. The van der Waals surface area contributed by atoms with Gasteiger partial charge in [-0.25, -0.2) is 4.79 Å². The summed E-state index contributed by atoms with van der Waals surface area (Å²) in [5, 5.41) is 9.45. The SMILES string of the molecule is CC(=O)N1CC2(CCN(C/C(C)=C/c3ccccc3)CC2)CC1C(=O)O. The van der Waals surface area contributed by atoms with Crippen LogP contribution in [-0.2, 0) is 9.59 Å². The number of rotatable bonds is 4. The number of carbonyl (C=O) groups is 2. The van der Waals surface area contributed by atoms with Crippen LogP contribution < -0.4 is 0 Å². The van der Waals surface area contributed by atoms with Crippen molar-refractivity contribution in [3.05, 3.63) is 41.5 Å². The molecule has 3 rings (SSSR count). The van der Waals surface area contributed by atoms with Crippen molar-refractivity contribution in [2.75, 3.05) is 26.2 Å². The van der Waals surface area contributed by atoms with Crippen LogP contribution in [0.25, 0.3) is 6.08 Å². The molecule has 0 radical (unpaired) electrons. The lowest BCUT2D eigenvalue weighted by atomic mass is 9.76. The Morgan fingerprint density at radius 2 is 1.85 bits per heavy atom. The van der Waals surface area contributed by atoms with Gasteiger partial charge in [0, 0.05) is 20.0 Å². The van der Waals surface area contributed by atoms with Gasteiger partial charge in [-0.3, -0.25) is 9.69 Å². The molecule has 5 nitrogen and oxygen atoms in total. The molecule has 2 saturated heterocycles. The first-order chi connectivity index (χ1) is 12.4. The summed E-state index contributed by atoms with van der Waals surface area (Å²) in [6, 6.07) is 9.67. The predicted octanol–water partition coefficient (Wildman–Crippen LogP) is 2.88. The number of benzene rings is 1. The van der Waals surface area contributed by atoms with E-state index >= 15 is 0 Å². The van der Waals surface area contributed by atoms with Crippen LogP contribution in [-0.4, -0.2) is 59.0 Å². The van der Waals surface area contributed by atoms with Gasteiger partial charge in [0.2, 0.25) is 5.91 Å². The number of piperidine rings is 1. The van der Waals surface area contributed by atoms with Crippen LogP contribution in [0.2, 0.25) is 0 Å². The predicted molar refractivity (Wildman–Crippen MR) is 102 cm³/mol. The highest BCUT2D eigenvalue weighted by atomic mass is 16.4. The Kier molecular flexibility index (Phi) is 5.47. The number of nitrogens with zero attached hydrogens (tertiary/aromatic N) is 2. The van der Waals surface area contributed by atoms with Crippen LogP contribution in [0.3, 0.4) is 0 Å². The number of carbonyl (C=O) groups excluding carboxylic acids is 1. The molecule has 1 spiro atoms. The number of likely N-dealkylation sites (tertiary alicyclic amines) is 2. The highest BCUT2D eigenvalue weighted by Gasteiger charge is 2.48.